The number of nitrogens with one attached hydrogen (secondary N) is 1. The van der Waals surface area contributed by atoms with Crippen LogP contribution in [0.5, 0.6) is 11.5 Å². The standard InChI is InChI=1S/C18H19N3O4/c1-24-16-7-3-2-6-15(16)21-11-13(9-18(21)23)20-17(22)12-25-14-5-4-8-19-10-14/h2-8,10,13H,9,11-12H2,1H3,(H,20,22)/t13-/m1/s1. The predicted octanol–water partition coefficient (Wildman–Crippen LogP) is 1.39. The van der Waals surface area contributed by atoms with Gasteiger partial charge in [0.15, 0.2) is 6.61 Å². The molecule has 1 aromatic carbocycles. The summed E-state index contributed by atoms with van der Waals surface area (Å²) in [5.74, 6) is 0.824. The highest BCUT2D eigenvalue weighted by Gasteiger charge is 2.32. The van der Waals surface area contributed by atoms with Crippen molar-refractivity contribution < 1.29 is 19.1 Å². The summed E-state index contributed by atoms with van der Waals surface area (Å²) in [4.78, 5) is 29.9. The molecule has 1 atom stereocenters. The lowest BCUT2D eigenvalue weighted by Crippen LogP contribution is -2.39. The van der Waals surface area contributed by atoms with E-state index in [1.807, 2.05) is 18.2 Å². The van der Waals surface area contributed by atoms with Crippen molar-refractivity contribution in [2.24, 2.45) is 0 Å². The van der Waals surface area contributed by atoms with Gasteiger partial charge in [0, 0.05) is 19.2 Å². The molecule has 0 spiro atoms. The van der Waals surface area contributed by atoms with Crippen molar-refractivity contribution in [3.8, 4) is 11.5 Å². The molecule has 1 aliphatic rings. The lowest BCUT2D eigenvalue weighted by Gasteiger charge is -2.19. The summed E-state index contributed by atoms with van der Waals surface area (Å²) < 4.78 is 10.7. The van der Waals surface area contributed by atoms with Crippen molar-refractivity contribution in [1.29, 1.82) is 0 Å². The van der Waals surface area contributed by atoms with Gasteiger partial charge in [-0.15, -0.1) is 0 Å². The number of carbonyl (C=O) groups excluding carboxylic acids is 2. The maximum absolute atomic E-state index is 12.3. The largest absolute Gasteiger partial charge is 0.495 e. The summed E-state index contributed by atoms with van der Waals surface area (Å²) in [5.41, 5.74) is 0.707. The van der Waals surface area contributed by atoms with Crippen molar-refractivity contribution in [1.82, 2.24) is 10.3 Å². The zero-order valence-corrected chi connectivity index (χ0v) is 13.8. The van der Waals surface area contributed by atoms with Gasteiger partial charge in [-0.3, -0.25) is 14.6 Å². The summed E-state index contributed by atoms with van der Waals surface area (Å²) in [6.45, 7) is 0.281. The summed E-state index contributed by atoms with van der Waals surface area (Å²) in [6, 6.07) is 10.5. The number of hydrogen-bond acceptors (Lipinski definition) is 5. The first-order valence-corrected chi connectivity index (χ1v) is 7.93. The average molecular weight is 341 g/mol. The van der Waals surface area contributed by atoms with Gasteiger partial charge in [-0.2, -0.15) is 0 Å². The molecule has 2 heterocycles. The molecule has 1 saturated heterocycles. The highest BCUT2D eigenvalue weighted by Crippen LogP contribution is 2.30. The van der Waals surface area contributed by atoms with Gasteiger partial charge in [-0.25, -0.2) is 0 Å². The van der Waals surface area contributed by atoms with Crippen molar-refractivity contribution in [2.45, 2.75) is 12.5 Å². The third kappa shape index (κ3) is 4.06. The van der Waals surface area contributed by atoms with Crippen LogP contribution in [0.25, 0.3) is 0 Å². The average Bonchev–Trinajstić information content (AvgIpc) is 3.00. The zero-order chi connectivity index (χ0) is 17.6. The van der Waals surface area contributed by atoms with Gasteiger partial charge in [0.25, 0.3) is 5.91 Å². The van der Waals surface area contributed by atoms with E-state index in [9.17, 15) is 9.59 Å². The Bertz CT molecular complexity index is 751. The molecule has 2 aromatic rings. The summed E-state index contributed by atoms with van der Waals surface area (Å²) in [5, 5.41) is 2.83. The molecule has 7 heteroatoms. The van der Waals surface area contributed by atoms with Crippen molar-refractivity contribution in [3.63, 3.8) is 0 Å². The molecule has 0 radical (unpaired) electrons. The first-order valence-electron chi connectivity index (χ1n) is 7.93. The molecule has 1 aromatic heterocycles. The number of ether oxygens (including phenoxy) is 2. The van der Waals surface area contributed by atoms with Gasteiger partial charge >= 0.3 is 0 Å². The molecule has 1 N–H and O–H groups in total. The van der Waals surface area contributed by atoms with Crippen LogP contribution >= 0.6 is 0 Å². The second-order valence-corrected chi connectivity index (χ2v) is 5.62. The Hall–Kier alpha value is -3.09. The molecule has 1 aliphatic heterocycles. The second-order valence-electron chi connectivity index (χ2n) is 5.62. The molecule has 3 rings (SSSR count). The molecule has 130 valence electrons. The number of aromatic nitrogens is 1. The minimum Gasteiger partial charge on any atom is -0.495 e. The minimum absolute atomic E-state index is 0.0528. The number of amides is 2. The number of para-hydroxylation sites is 2. The number of rotatable bonds is 6. The lowest BCUT2D eigenvalue weighted by molar-refractivity contribution is -0.123. The smallest absolute Gasteiger partial charge is 0.258 e. The topological polar surface area (TPSA) is 80.8 Å². The Kier molecular flexibility index (Phi) is 5.13. The monoisotopic (exact) mass is 341 g/mol. The van der Waals surface area contributed by atoms with Crippen LogP contribution in [-0.2, 0) is 9.59 Å². The van der Waals surface area contributed by atoms with Crippen LogP contribution in [0.1, 0.15) is 6.42 Å². The quantitative estimate of drug-likeness (QED) is 0.859. The zero-order valence-electron chi connectivity index (χ0n) is 13.8. The van der Waals surface area contributed by atoms with Crippen molar-refractivity contribution in [2.75, 3.05) is 25.2 Å². The SMILES string of the molecule is COc1ccccc1N1C[C@H](NC(=O)COc2cccnc2)CC1=O. The summed E-state index contributed by atoms with van der Waals surface area (Å²) >= 11 is 0. The number of anilines is 1. The summed E-state index contributed by atoms with van der Waals surface area (Å²) in [6.07, 6.45) is 3.41. The number of methoxy groups -OCH3 is 1. The molecular formula is C18H19N3O4. The maximum atomic E-state index is 12.3. The van der Waals surface area contributed by atoms with Gasteiger partial charge in [0.2, 0.25) is 5.91 Å². The van der Waals surface area contributed by atoms with Crippen LogP contribution in [-0.4, -0.2) is 43.1 Å². The Labute approximate surface area is 145 Å². The lowest BCUT2D eigenvalue weighted by atomic mass is 10.2. The third-order valence-electron chi connectivity index (χ3n) is 3.87. The van der Waals surface area contributed by atoms with E-state index in [1.54, 1.807) is 36.4 Å². The molecule has 0 aliphatic carbocycles. The number of carbonyl (C=O) groups is 2. The number of nitrogens with zero attached hydrogens (tertiary/aromatic N) is 2. The van der Waals surface area contributed by atoms with Crippen LogP contribution < -0.4 is 19.7 Å². The number of pyridine rings is 1. The van der Waals surface area contributed by atoms with E-state index in [2.05, 4.69) is 10.3 Å². The molecule has 2 amide bonds. The highest BCUT2D eigenvalue weighted by molar-refractivity contribution is 5.98. The second kappa shape index (κ2) is 7.65. The summed E-state index contributed by atoms with van der Waals surface area (Å²) in [7, 11) is 1.56. The van der Waals surface area contributed by atoms with Gasteiger partial charge < -0.3 is 19.7 Å². The van der Waals surface area contributed by atoms with Crippen LogP contribution in [0.2, 0.25) is 0 Å². The van der Waals surface area contributed by atoms with Gasteiger partial charge in [-0.05, 0) is 24.3 Å². The van der Waals surface area contributed by atoms with Crippen molar-refractivity contribution >= 4 is 17.5 Å². The molecule has 25 heavy (non-hydrogen) atoms. The molecular weight excluding hydrogens is 322 g/mol. The molecule has 7 nitrogen and oxygen atoms in total. The van der Waals surface area contributed by atoms with E-state index >= 15 is 0 Å². The first kappa shape index (κ1) is 16.8. The Balaban J connectivity index is 1.56. The van der Waals surface area contributed by atoms with Crippen LogP contribution in [0.4, 0.5) is 5.69 Å². The van der Waals surface area contributed by atoms with Crippen LogP contribution in [0, 0.1) is 0 Å². The Morgan fingerprint density at radius 2 is 2.16 bits per heavy atom. The van der Waals surface area contributed by atoms with E-state index in [-0.39, 0.29) is 30.9 Å². The van der Waals surface area contributed by atoms with E-state index in [0.29, 0.717) is 23.7 Å². The van der Waals surface area contributed by atoms with Crippen LogP contribution in [0.15, 0.2) is 48.8 Å². The fraction of sp³-hybridized carbons (Fsp3) is 0.278. The maximum Gasteiger partial charge on any atom is 0.258 e. The van der Waals surface area contributed by atoms with Gasteiger partial charge in [0.1, 0.15) is 11.5 Å². The van der Waals surface area contributed by atoms with Crippen molar-refractivity contribution in [3.05, 3.63) is 48.8 Å². The minimum atomic E-state index is -0.275. The Morgan fingerprint density at radius 1 is 1.32 bits per heavy atom. The number of hydrogen-bond donors (Lipinski definition) is 1. The molecule has 1 fully saturated rings. The number of benzene rings is 1. The normalized spacial score (nSPS) is 16.6. The van der Waals surface area contributed by atoms with Crippen LogP contribution in [0.3, 0.4) is 0 Å². The first-order chi connectivity index (χ1) is 12.2. The van der Waals surface area contributed by atoms with E-state index in [0.717, 1.165) is 0 Å². The fourth-order valence-corrected chi connectivity index (χ4v) is 2.74. The van der Waals surface area contributed by atoms with E-state index < -0.39 is 0 Å². The molecule has 0 saturated carbocycles. The highest BCUT2D eigenvalue weighted by atomic mass is 16.5. The predicted molar refractivity (Wildman–Crippen MR) is 91.6 cm³/mol. The third-order valence-corrected chi connectivity index (χ3v) is 3.87. The Morgan fingerprint density at radius 3 is 2.92 bits per heavy atom. The molecule has 0 unspecified atom stereocenters. The van der Waals surface area contributed by atoms with Gasteiger partial charge in [-0.1, -0.05) is 12.1 Å². The van der Waals surface area contributed by atoms with E-state index in [1.165, 1.54) is 6.20 Å². The fourth-order valence-electron chi connectivity index (χ4n) is 2.74. The van der Waals surface area contributed by atoms with Gasteiger partial charge in [0.05, 0.1) is 25.0 Å². The van der Waals surface area contributed by atoms with E-state index in [4.69, 9.17) is 9.47 Å². The molecule has 0 bridgehead atoms.